The lowest BCUT2D eigenvalue weighted by Gasteiger charge is -2.23. The van der Waals surface area contributed by atoms with Crippen molar-refractivity contribution < 1.29 is 39.5 Å². The minimum atomic E-state index is -6.38. The fraction of sp³-hybridized carbons (Fsp3) is 0.357. The van der Waals surface area contributed by atoms with Crippen LogP contribution in [0.4, 0.5) is 45.2 Å². The summed E-state index contributed by atoms with van der Waals surface area (Å²) in [5.74, 6) is -8.44. The van der Waals surface area contributed by atoms with Gasteiger partial charge in [0, 0.05) is 5.69 Å². The summed E-state index contributed by atoms with van der Waals surface area (Å²) in [6, 6.07) is 6.05. The molecule has 0 atom stereocenters. The number of rotatable bonds is 4. The summed E-state index contributed by atoms with van der Waals surface area (Å²) in [5.41, 5.74) is -4.61. The third-order valence-corrected chi connectivity index (χ3v) is 3.41. The first kappa shape index (κ1) is 19.9. The van der Waals surface area contributed by atoms with Gasteiger partial charge in [0.25, 0.3) is 0 Å². The zero-order valence-electron chi connectivity index (χ0n) is 12.8. The molecule has 0 bridgehead atoms. The van der Waals surface area contributed by atoms with Gasteiger partial charge in [-0.1, -0.05) is 18.2 Å². The van der Waals surface area contributed by atoms with Crippen LogP contribution in [0.2, 0.25) is 0 Å². The quantitative estimate of drug-likeness (QED) is 0.738. The minimum Gasteiger partial charge on any atom is -0.366 e. The molecule has 3 nitrogen and oxygen atoms in total. The van der Waals surface area contributed by atoms with Gasteiger partial charge in [0.05, 0.1) is 0 Å². The van der Waals surface area contributed by atoms with Gasteiger partial charge in [0.2, 0.25) is 5.95 Å². The Balaban J connectivity index is 2.55. The Morgan fingerprint density at radius 1 is 1.00 bits per heavy atom. The molecule has 0 unspecified atom stereocenters. The summed E-state index contributed by atoms with van der Waals surface area (Å²) < 4.78 is 117. The number of aryl methyl sites for hydroxylation is 1. The normalized spacial score (nSPS) is 13.2. The second-order valence-corrected chi connectivity index (χ2v) is 5.23. The van der Waals surface area contributed by atoms with Gasteiger partial charge in [-0.25, -0.2) is 4.68 Å². The van der Waals surface area contributed by atoms with Crippen molar-refractivity contribution in [2.45, 2.75) is 31.9 Å². The van der Waals surface area contributed by atoms with Gasteiger partial charge in [0.1, 0.15) is 17.9 Å². The standard InChI is InChI=1S/C14H10F9N3/c1-7-4-2-3-5-8(7)24-6-26-10(12(16,17)14(21,22)23)9(11(15)25-26)13(18,19)20/h2-5,24H,6H2,1H3. The predicted molar refractivity (Wildman–Crippen MR) is 71.9 cm³/mol. The van der Waals surface area contributed by atoms with Crippen LogP contribution >= 0.6 is 0 Å². The van der Waals surface area contributed by atoms with Gasteiger partial charge in [-0.2, -0.15) is 39.5 Å². The highest BCUT2D eigenvalue weighted by Gasteiger charge is 2.64. The number of hydrogen-bond acceptors (Lipinski definition) is 2. The van der Waals surface area contributed by atoms with Crippen LogP contribution in [0.5, 0.6) is 0 Å². The number of benzene rings is 1. The van der Waals surface area contributed by atoms with Gasteiger partial charge in [-0.3, -0.25) is 0 Å². The van der Waals surface area contributed by atoms with E-state index in [1.54, 1.807) is 19.1 Å². The molecule has 0 amide bonds. The summed E-state index contributed by atoms with van der Waals surface area (Å²) in [4.78, 5) is 0. The Bertz CT molecular complexity index is 790. The summed E-state index contributed by atoms with van der Waals surface area (Å²) >= 11 is 0. The SMILES string of the molecule is Cc1ccccc1NCn1nc(F)c(C(F)(F)F)c1C(F)(F)C(F)(F)F. The lowest BCUT2D eigenvalue weighted by molar-refractivity contribution is -0.293. The van der Waals surface area contributed by atoms with E-state index < -0.39 is 42.1 Å². The maximum atomic E-state index is 13.7. The summed E-state index contributed by atoms with van der Waals surface area (Å²) in [7, 11) is 0. The van der Waals surface area contributed by atoms with E-state index in [1.807, 2.05) is 0 Å². The monoisotopic (exact) mass is 391 g/mol. The van der Waals surface area contributed by atoms with Crippen LogP contribution in [0, 0.1) is 12.9 Å². The van der Waals surface area contributed by atoms with Crippen molar-refractivity contribution in [3.8, 4) is 0 Å². The molecule has 1 aromatic heterocycles. The number of halogens is 9. The van der Waals surface area contributed by atoms with Crippen molar-refractivity contribution in [1.82, 2.24) is 9.78 Å². The number of aromatic nitrogens is 2. The van der Waals surface area contributed by atoms with Gasteiger partial charge < -0.3 is 5.32 Å². The average molecular weight is 391 g/mol. The molecule has 0 saturated heterocycles. The molecule has 144 valence electrons. The molecule has 12 heteroatoms. The number of nitrogens with one attached hydrogen (secondary N) is 1. The van der Waals surface area contributed by atoms with Crippen LogP contribution in [-0.4, -0.2) is 16.0 Å². The van der Waals surface area contributed by atoms with E-state index in [2.05, 4.69) is 10.4 Å². The van der Waals surface area contributed by atoms with Crippen molar-refractivity contribution in [3.05, 3.63) is 47.0 Å². The van der Waals surface area contributed by atoms with Crippen LogP contribution in [0.1, 0.15) is 16.8 Å². The second-order valence-electron chi connectivity index (χ2n) is 5.23. The zero-order chi connectivity index (χ0) is 19.9. The van der Waals surface area contributed by atoms with Gasteiger partial charge in [-0.05, 0) is 18.6 Å². The highest BCUT2D eigenvalue weighted by Crippen LogP contribution is 2.48. The minimum absolute atomic E-state index is 0.234. The lowest BCUT2D eigenvalue weighted by Crippen LogP contribution is -2.38. The maximum absolute atomic E-state index is 13.7. The molecule has 2 rings (SSSR count). The Morgan fingerprint density at radius 2 is 1.58 bits per heavy atom. The first-order chi connectivity index (χ1) is 11.8. The number of anilines is 1. The zero-order valence-corrected chi connectivity index (χ0v) is 12.8. The van der Waals surface area contributed by atoms with E-state index in [0.29, 0.717) is 5.56 Å². The molecule has 1 heterocycles. The average Bonchev–Trinajstić information content (AvgIpc) is 2.82. The molecule has 1 aromatic carbocycles. The van der Waals surface area contributed by atoms with E-state index >= 15 is 0 Å². The van der Waals surface area contributed by atoms with Crippen LogP contribution in [-0.2, 0) is 18.8 Å². The van der Waals surface area contributed by atoms with Crippen LogP contribution in [0.3, 0.4) is 0 Å². The lowest BCUT2D eigenvalue weighted by atomic mass is 10.1. The smallest absolute Gasteiger partial charge is 0.366 e. The number of nitrogens with zero attached hydrogens (tertiary/aromatic N) is 2. The molecule has 1 N–H and O–H groups in total. The first-order valence-electron chi connectivity index (χ1n) is 6.85. The molecule has 0 saturated carbocycles. The fourth-order valence-electron chi connectivity index (χ4n) is 2.18. The fourth-order valence-corrected chi connectivity index (χ4v) is 2.18. The molecule has 0 spiro atoms. The molecular weight excluding hydrogens is 381 g/mol. The summed E-state index contributed by atoms with van der Waals surface area (Å²) in [5, 5.41) is 4.94. The molecule has 0 radical (unpaired) electrons. The summed E-state index contributed by atoms with van der Waals surface area (Å²) in [6.07, 6.45) is -12.2. The molecule has 26 heavy (non-hydrogen) atoms. The Labute approximate surface area is 140 Å². The van der Waals surface area contributed by atoms with Crippen LogP contribution in [0.25, 0.3) is 0 Å². The maximum Gasteiger partial charge on any atom is 0.459 e. The van der Waals surface area contributed by atoms with E-state index in [0.717, 1.165) is 0 Å². The molecule has 2 aromatic rings. The molecule has 0 aliphatic rings. The van der Waals surface area contributed by atoms with Gasteiger partial charge >= 0.3 is 18.3 Å². The van der Waals surface area contributed by atoms with Crippen molar-refractivity contribution in [2.75, 3.05) is 5.32 Å². The molecule has 0 aliphatic carbocycles. The van der Waals surface area contributed by atoms with E-state index in [1.165, 1.54) is 12.1 Å². The van der Waals surface area contributed by atoms with Crippen LogP contribution in [0.15, 0.2) is 24.3 Å². The molecular formula is C14H10F9N3. The Hall–Kier alpha value is -2.40. The first-order valence-corrected chi connectivity index (χ1v) is 6.85. The number of alkyl halides is 8. The van der Waals surface area contributed by atoms with E-state index in [-0.39, 0.29) is 10.4 Å². The Kier molecular flexibility index (Phi) is 4.90. The largest absolute Gasteiger partial charge is 0.459 e. The van der Waals surface area contributed by atoms with E-state index in [4.69, 9.17) is 0 Å². The predicted octanol–water partition coefficient (Wildman–Crippen LogP) is 5.07. The van der Waals surface area contributed by atoms with Crippen LogP contribution < -0.4 is 5.32 Å². The van der Waals surface area contributed by atoms with Crippen molar-refractivity contribution >= 4 is 5.69 Å². The topological polar surface area (TPSA) is 29.9 Å². The molecule has 0 fully saturated rings. The number of hydrogen-bond donors (Lipinski definition) is 1. The van der Waals surface area contributed by atoms with Crippen molar-refractivity contribution in [2.24, 2.45) is 0 Å². The molecule has 0 aliphatic heterocycles. The highest BCUT2D eigenvalue weighted by molar-refractivity contribution is 5.49. The summed E-state index contributed by atoms with van der Waals surface area (Å²) in [6.45, 7) is 0.511. The third-order valence-electron chi connectivity index (χ3n) is 3.41. The second kappa shape index (κ2) is 6.40. The highest BCUT2D eigenvalue weighted by atomic mass is 19.4. The van der Waals surface area contributed by atoms with Crippen molar-refractivity contribution in [1.29, 1.82) is 0 Å². The van der Waals surface area contributed by atoms with Gasteiger partial charge in [-0.15, -0.1) is 5.10 Å². The van der Waals surface area contributed by atoms with Crippen molar-refractivity contribution in [3.63, 3.8) is 0 Å². The third kappa shape index (κ3) is 3.58. The number of para-hydroxylation sites is 1. The van der Waals surface area contributed by atoms with E-state index in [9.17, 15) is 39.5 Å². The Morgan fingerprint density at radius 3 is 2.08 bits per heavy atom. The van der Waals surface area contributed by atoms with Gasteiger partial charge in [0.15, 0.2) is 0 Å².